The number of benzene rings is 2. The van der Waals surface area contributed by atoms with Crippen LogP contribution in [-0.4, -0.2) is 53.4 Å². The SMILES string of the molecule is Nc1cc(C(=O)N2CCOCC2)ccc1-c1cc(Nc2ccc(OC(F)(F)F)cc2)ncn1. The van der Waals surface area contributed by atoms with Crippen molar-refractivity contribution in [3.63, 3.8) is 0 Å². The molecular formula is C22H20F3N5O3. The van der Waals surface area contributed by atoms with Crippen molar-refractivity contribution < 1.29 is 27.4 Å². The molecule has 2 aromatic carbocycles. The number of nitrogens with one attached hydrogen (secondary N) is 1. The van der Waals surface area contributed by atoms with Crippen LogP contribution in [-0.2, 0) is 4.74 Å². The fourth-order valence-electron chi connectivity index (χ4n) is 3.34. The second-order valence-electron chi connectivity index (χ2n) is 7.19. The molecule has 0 atom stereocenters. The van der Waals surface area contributed by atoms with Gasteiger partial charge in [-0.2, -0.15) is 0 Å². The summed E-state index contributed by atoms with van der Waals surface area (Å²) in [5, 5.41) is 2.99. The summed E-state index contributed by atoms with van der Waals surface area (Å²) >= 11 is 0. The fraction of sp³-hybridized carbons (Fsp3) is 0.227. The van der Waals surface area contributed by atoms with Crippen molar-refractivity contribution in [1.29, 1.82) is 0 Å². The van der Waals surface area contributed by atoms with E-state index in [1.165, 1.54) is 30.6 Å². The molecule has 1 aromatic heterocycles. The molecule has 0 spiro atoms. The number of aromatic nitrogens is 2. The average Bonchev–Trinajstić information content (AvgIpc) is 2.79. The number of rotatable bonds is 5. The molecule has 4 rings (SSSR count). The number of halogens is 3. The minimum atomic E-state index is -4.75. The normalized spacial score (nSPS) is 14.1. The Morgan fingerprint density at radius 1 is 1.06 bits per heavy atom. The third kappa shape index (κ3) is 5.69. The summed E-state index contributed by atoms with van der Waals surface area (Å²) in [6, 6.07) is 11.9. The van der Waals surface area contributed by atoms with Gasteiger partial charge in [0.2, 0.25) is 0 Å². The van der Waals surface area contributed by atoms with E-state index in [1.54, 1.807) is 29.2 Å². The van der Waals surface area contributed by atoms with Crippen LogP contribution >= 0.6 is 0 Å². The van der Waals surface area contributed by atoms with Crippen LogP contribution in [0.4, 0.5) is 30.4 Å². The number of ether oxygens (including phenoxy) is 2. The lowest BCUT2D eigenvalue weighted by Crippen LogP contribution is -2.40. The Hall–Kier alpha value is -3.86. The van der Waals surface area contributed by atoms with E-state index in [0.717, 1.165) is 0 Å². The average molecular weight is 459 g/mol. The van der Waals surface area contributed by atoms with E-state index in [1.807, 2.05) is 0 Å². The van der Waals surface area contributed by atoms with Gasteiger partial charge >= 0.3 is 6.36 Å². The Morgan fingerprint density at radius 3 is 2.45 bits per heavy atom. The van der Waals surface area contributed by atoms with Gasteiger partial charge in [-0.15, -0.1) is 13.2 Å². The third-order valence-corrected chi connectivity index (χ3v) is 4.90. The zero-order valence-electron chi connectivity index (χ0n) is 17.3. The second-order valence-corrected chi connectivity index (χ2v) is 7.19. The number of carbonyl (C=O) groups is 1. The van der Waals surface area contributed by atoms with E-state index in [9.17, 15) is 18.0 Å². The van der Waals surface area contributed by atoms with Crippen LogP contribution in [0.15, 0.2) is 54.9 Å². The highest BCUT2D eigenvalue weighted by Gasteiger charge is 2.31. The number of carbonyl (C=O) groups excluding carboxylic acids is 1. The van der Waals surface area contributed by atoms with Crippen molar-refractivity contribution in [1.82, 2.24) is 14.9 Å². The molecule has 1 fully saturated rings. The highest BCUT2D eigenvalue weighted by molar-refractivity contribution is 5.96. The van der Waals surface area contributed by atoms with E-state index in [4.69, 9.17) is 10.5 Å². The van der Waals surface area contributed by atoms with Crippen molar-refractivity contribution in [2.24, 2.45) is 0 Å². The van der Waals surface area contributed by atoms with Gasteiger partial charge in [0, 0.05) is 41.7 Å². The van der Waals surface area contributed by atoms with Crippen LogP contribution in [0.3, 0.4) is 0 Å². The van der Waals surface area contributed by atoms with Crippen molar-refractivity contribution in [3.05, 3.63) is 60.4 Å². The molecule has 3 aromatic rings. The summed E-state index contributed by atoms with van der Waals surface area (Å²) < 4.78 is 46.0. The Labute approximate surface area is 187 Å². The zero-order chi connectivity index (χ0) is 23.4. The van der Waals surface area contributed by atoms with Gasteiger partial charge in [-0.05, 0) is 42.5 Å². The van der Waals surface area contributed by atoms with Crippen molar-refractivity contribution in [2.45, 2.75) is 6.36 Å². The first-order chi connectivity index (χ1) is 15.8. The summed E-state index contributed by atoms with van der Waals surface area (Å²) in [7, 11) is 0. The van der Waals surface area contributed by atoms with Crippen LogP contribution in [0, 0.1) is 0 Å². The minimum absolute atomic E-state index is 0.112. The van der Waals surface area contributed by atoms with Crippen molar-refractivity contribution >= 4 is 23.1 Å². The van der Waals surface area contributed by atoms with Crippen LogP contribution in [0.2, 0.25) is 0 Å². The Morgan fingerprint density at radius 2 is 1.79 bits per heavy atom. The first-order valence-electron chi connectivity index (χ1n) is 10.0. The smallest absolute Gasteiger partial charge is 0.406 e. The molecule has 11 heteroatoms. The summed E-state index contributed by atoms with van der Waals surface area (Å²) in [5.74, 6) is -0.0205. The Bertz CT molecular complexity index is 1130. The predicted octanol–water partition coefficient (Wildman–Crippen LogP) is 3.84. The number of nitrogens with zero attached hydrogens (tertiary/aromatic N) is 3. The number of nitrogen functional groups attached to an aromatic ring is 1. The van der Waals surface area contributed by atoms with Crippen LogP contribution < -0.4 is 15.8 Å². The van der Waals surface area contributed by atoms with E-state index >= 15 is 0 Å². The number of hydrogen-bond donors (Lipinski definition) is 2. The third-order valence-electron chi connectivity index (χ3n) is 4.90. The van der Waals surface area contributed by atoms with Gasteiger partial charge < -0.3 is 25.4 Å². The quantitative estimate of drug-likeness (QED) is 0.559. The molecule has 8 nitrogen and oxygen atoms in total. The molecule has 0 aliphatic carbocycles. The van der Waals surface area contributed by atoms with Gasteiger partial charge in [0.25, 0.3) is 5.91 Å². The lowest BCUT2D eigenvalue weighted by molar-refractivity contribution is -0.274. The molecule has 0 radical (unpaired) electrons. The summed E-state index contributed by atoms with van der Waals surface area (Å²) in [5.41, 5.74) is 8.72. The fourth-order valence-corrected chi connectivity index (χ4v) is 3.34. The lowest BCUT2D eigenvalue weighted by atomic mass is 10.0. The molecule has 172 valence electrons. The summed E-state index contributed by atoms with van der Waals surface area (Å²) in [4.78, 5) is 22.8. The molecule has 1 aliphatic rings. The van der Waals surface area contributed by atoms with Gasteiger partial charge in [-0.3, -0.25) is 4.79 Å². The molecule has 3 N–H and O–H groups in total. The maximum absolute atomic E-state index is 12.7. The molecule has 2 heterocycles. The number of alkyl halides is 3. The van der Waals surface area contributed by atoms with E-state index in [0.29, 0.717) is 60.3 Å². The Balaban J connectivity index is 1.49. The topological polar surface area (TPSA) is 103 Å². The largest absolute Gasteiger partial charge is 0.573 e. The number of morpholine rings is 1. The van der Waals surface area contributed by atoms with E-state index in [2.05, 4.69) is 20.0 Å². The lowest BCUT2D eigenvalue weighted by Gasteiger charge is -2.27. The summed E-state index contributed by atoms with van der Waals surface area (Å²) in [6.07, 6.45) is -3.41. The van der Waals surface area contributed by atoms with Crippen molar-refractivity contribution in [2.75, 3.05) is 37.4 Å². The van der Waals surface area contributed by atoms with Crippen LogP contribution in [0.5, 0.6) is 5.75 Å². The maximum Gasteiger partial charge on any atom is 0.573 e. The standard InChI is InChI=1S/C22H20F3N5O3/c23-22(24,25)33-16-4-2-15(3-5-16)29-20-12-19(27-13-28-20)17-6-1-14(11-18(17)26)21(31)30-7-9-32-10-8-30/h1-6,11-13H,7-10,26H2,(H,27,28,29). The number of anilines is 3. The highest BCUT2D eigenvalue weighted by atomic mass is 19.4. The zero-order valence-corrected chi connectivity index (χ0v) is 17.3. The number of nitrogens with two attached hydrogens (primary N) is 1. The monoisotopic (exact) mass is 459 g/mol. The highest BCUT2D eigenvalue weighted by Crippen LogP contribution is 2.29. The van der Waals surface area contributed by atoms with Gasteiger partial charge in [-0.1, -0.05) is 0 Å². The minimum Gasteiger partial charge on any atom is -0.406 e. The van der Waals surface area contributed by atoms with Crippen molar-refractivity contribution in [3.8, 4) is 17.0 Å². The van der Waals surface area contributed by atoms with Gasteiger partial charge in [0.1, 0.15) is 17.9 Å². The van der Waals surface area contributed by atoms with Gasteiger partial charge in [0.15, 0.2) is 0 Å². The molecule has 1 aliphatic heterocycles. The van der Waals surface area contributed by atoms with Gasteiger partial charge in [-0.25, -0.2) is 9.97 Å². The van der Waals surface area contributed by atoms with E-state index in [-0.39, 0.29) is 11.7 Å². The number of amides is 1. The molecular weight excluding hydrogens is 439 g/mol. The van der Waals surface area contributed by atoms with Crippen LogP contribution in [0.1, 0.15) is 10.4 Å². The van der Waals surface area contributed by atoms with Crippen LogP contribution in [0.25, 0.3) is 11.3 Å². The first-order valence-corrected chi connectivity index (χ1v) is 10.0. The van der Waals surface area contributed by atoms with E-state index < -0.39 is 6.36 Å². The molecule has 0 unspecified atom stereocenters. The maximum atomic E-state index is 12.7. The molecule has 1 amide bonds. The molecule has 33 heavy (non-hydrogen) atoms. The van der Waals surface area contributed by atoms with Gasteiger partial charge in [0.05, 0.1) is 18.9 Å². The Kier molecular flexibility index (Phi) is 6.31. The first kappa shape index (κ1) is 22.3. The number of hydrogen-bond acceptors (Lipinski definition) is 7. The second kappa shape index (κ2) is 9.33. The molecule has 0 bridgehead atoms. The molecule has 0 saturated carbocycles. The molecule has 1 saturated heterocycles. The summed E-state index contributed by atoms with van der Waals surface area (Å²) in [6.45, 7) is 2.08. The predicted molar refractivity (Wildman–Crippen MR) is 115 cm³/mol.